The maximum absolute atomic E-state index is 11.2. The van der Waals surface area contributed by atoms with Crippen molar-refractivity contribution in [1.82, 2.24) is 0 Å². The maximum Gasteiger partial charge on any atom is 0.461 e. The number of allylic oxidation sites excluding steroid dienone is 2. The summed E-state index contributed by atoms with van der Waals surface area (Å²) in [6.45, 7) is 18.1. The molecule has 0 aromatic heterocycles. The lowest BCUT2D eigenvalue weighted by molar-refractivity contribution is -0.145. The summed E-state index contributed by atoms with van der Waals surface area (Å²) in [4.78, 5) is 11.2. The molecule has 0 bridgehead atoms. The van der Waals surface area contributed by atoms with Crippen molar-refractivity contribution in [1.29, 1.82) is 0 Å². The van der Waals surface area contributed by atoms with Crippen LogP contribution >= 0.6 is 0 Å². The number of hydrogen-bond acceptors (Lipinski definition) is 4. The van der Waals surface area contributed by atoms with Gasteiger partial charge < -0.3 is 14.0 Å². The Hall–Kier alpha value is -0.805. The largest absolute Gasteiger partial charge is 0.463 e. The van der Waals surface area contributed by atoms with Crippen LogP contribution in [0, 0.1) is 5.41 Å². The predicted octanol–water partition coefficient (Wildman–Crippen LogP) is 4.78. The first kappa shape index (κ1) is 21.2. The monoisotopic (exact) mass is 338 g/mol. The molecule has 0 spiro atoms. The molecule has 0 amide bonds. The van der Waals surface area contributed by atoms with E-state index in [9.17, 15) is 4.79 Å². The Morgan fingerprint density at radius 3 is 2.08 bits per heavy atom. The van der Waals surface area contributed by atoms with Crippen molar-refractivity contribution in [3.05, 3.63) is 12.2 Å². The molecule has 0 N–H and O–H groups in total. The zero-order valence-corrected chi connectivity index (χ0v) is 16.9. The van der Waals surface area contributed by atoms with Crippen molar-refractivity contribution in [3.8, 4) is 0 Å². The minimum atomic E-state index is -0.353. The van der Waals surface area contributed by atoms with Gasteiger partial charge in [-0.05, 0) is 52.9 Å². The lowest BCUT2D eigenvalue weighted by atomic mass is 9.67. The second kappa shape index (κ2) is 7.61. The van der Waals surface area contributed by atoms with Crippen LogP contribution in [0.3, 0.4) is 0 Å². The van der Waals surface area contributed by atoms with Crippen molar-refractivity contribution in [2.45, 2.75) is 98.3 Å². The molecule has 0 saturated carbocycles. The van der Waals surface area contributed by atoms with Gasteiger partial charge >= 0.3 is 13.1 Å². The van der Waals surface area contributed by atoms with Gasteiger partial charge in [0.15, 0.2) is 0 Å². The molecule has 24 heavy (non-hydrogen) atoms. The van der Waals surface area contributed by atoms with Gasteiger partial charge in [0.2, 0.25) is 0 Å². The van der Waals surface area contributed by atoms with Crippen LogP contribution in [0.15, 0.2) is 12.2 Å². The van der Waals surface area contributed by atoms with E-state index < -0.39 is 0 Å². The minimum Gasteiger partial charge on any atom is -0.463 e. The highest BCUT2D eigenvalue weighted by molar-refractivity contribution is 6.47. The van der Waals surface area contributed by atoms with E-state index in [0.717, 1.165) is 6.42 Å². The van der Waals surface area contributed by atoms with Crippen molar-refractivity contribution in [2.24, 2.45) is 5.41 Å². The van der Waals surface area contributed by atoms with Crippen molar-refractivity contribution in [3.63, 3.8) is 0 Å². The Balaban J connectivity index is 2.85. The third-order valence-electron chi connectivity index (χ3n) is 4.71. The molecule has 0 aromatic rings. The third-order valence-corrected chi connectivity index (χ3v) is 4.71. The van der Waals surface area contributed by atoms with E-state index in [-0.39, 0.29) is 41.6 Å². The summed E-state index contributed by atoms with van der Waals surface area (Å²) >= 11 is 0. The van der Waals surface area contributed by atoms with Crippen LogP contribution in [0.4, 0.5) is 0 Å². The number of rotatable bonds is 6. The van der Waals surface area contributed by atoms with Gasteiger partial charge in [0.05, 0.1) is 17.3 Å². The number of hydrogen-bond donors (Lipinski definition) is 0. The summed E-state index contributed by atoms with van der Waals surface area (Å²) in [6, 6.07) is 0. The average molecular weight is 338 g/mol. The Labute approximate surface area is 148 Å². The highest BCUT2D eigenvalue weighted by Gasteiger charge is 2.53. The summed E-state index contributed by atoms with van der Waals surface area (Å²) in [5, 5.41) is 0. The molecule has 138 valence electrons. The second-order valence-electron chi connectivity index (χ2n) is 9.04. The SMILES string of the molecule is CC(=O)O[C@H](C)C[C@H](C/C=C/C(C)(C)C)B1OC(C)(C)C(C)(C)O1. The topological polar surface area (TPSA) is 44.8 Å². The summed E-state index contributed by atoms with van der Waals surface area (Å²) in [5.41, 5.74) is -0.565. The molecule has 2 atom stereocenters. The lowest BCUT2D eigenvalue weighted by Gasteiger charge is -2.32. The Kier molecular flexibility index (Phi) is 6.73. The molecule has 0 unspecified atom stereocenters. The summed E-state index contributed by atoms with van der Waals surface area (Å²) < 4.78 is 17.8. The maximum atomic E-state index is 11.2. The van der Waals surface area contributed by atoms with Gasteiger partial charge in [0.25, 0.3) is 0 Å². The number of ether oxygens (including phenoxy) is 1. The van der Waals surface area contributed by atoms with Crippen molar-refractivity contribution >= 4 is 13.1 Å². The van der Waals surface area contributed by atoms with Gasteiger partial charge in [-0.1, -0.05) is 32.9 Å². The fourth-order valence-corrected chi connectivity index (χ4v) is 2.75. The van der Waals surface area contributed by atoms with Gasteiger partial charge in [-0.3, -0.25) is 4.79 Å². The summed E-state index contributed by atoms with van der Waals surface area (Å²) in [7, 11) is -0.294. The molecule has 1 fully saturated rings. The van der Waals surface area contributed by atoms with E-state index in [1.54, 1.807) is 0 Å². The van der Waals surface area contributed by atoms with Crippen LogP contribution in [0.2, 0.25) is 5.82 Å². The average Bonchev–Trinajstić information content (AvgIpc) is 2.54. The van der Waals surface area contributed by atoms with E-state index in [0.29, 0.717) is 6.42 Å². The molecular formula is C19H35BO4. The molecular weight excluding hydrogens is 303 g/mol. The number of esters is 1. The molecule has 1 heterocycles. The van der Waals surface area contributed by atoms with Crippen LogP contribution in [0.25, 0.3) is 0 Å². The van der Waals surface area contributed by atoms with E-state index >= 15 is 0 Å². The van der Waals surface area contributed by atoms with Crippen molar-refractivity contribution in [2.75, 3.05) is 0 Å². The molecule has 0 radical (unpaired) electrons. The van der Waals surface area contributed by atoms with E-state index in [4.69, 9.17) is 14.0 Å². The van der Waals surface area contributed by atoms with Gasteiger partial charge in [0, 0.05) is 12.7 Å². The normalized spacial score (nSPS) is 22.6. The zero-order valence-electron chi connectivity index (χ0n) is 16.9. The van der Waals surface area contributed by atoms with Crippen LogP contribution in [-0.4, -0.2) is 30.4 Å². The van der Waals surface area contributed by atoms with Gasteiger partial charge in [-0.2, -0.15) is 0 Å². The van der Waals surface area contributed by atoms with E-state index in [1.165, 1.54) is 6.92 Å². The molecule has 1 rings (SSSR count). The minimum absolute atomic E-state index is 0.138. The first-order valence-electron chi connectivity index (χ1n) is 8.94. The summed E-state index contributed by atoms with van der Waals surface area (Å²) in [6.07, 6.45) is 5.79. The van der Waals surface area contributed by atoms with Crippen LogP contribution < -0.4 is 0 Å². The Bertz CT molecular complexity index is 446. The van der Waals surface area contributed by atoms with E-state index in [1.807, 2.05) is 6.92 Å². The second-order valence-corrected chi connectivity index (χ2v) is 9.04. The molecule has 4 nitrogen and oxygen atoms in total. The van der Waals surface area contributed by atoms with Gasteiger partial charge in [-0.25, -0.2) is 0 Å². The summed E-state index contributed by atoms with van der Waals surface area (Å²) in [5.74, 6) is -0.112. The fourth-order valence-electron chi connectivity index (χ4n) is 2.75. The van der Waals surface area contributed by atoms with Gasteiger partial charge in [-0.15, -0.1) is 0 Å². The van der Waals surface area contributed by atoms with Crippen LogP contribution in [0.1, 0.15) is 75.2 Å². The third kappa shape index (κ3) is 6.25. The standard InChI is InChI=1S/C19H35BO4/c1-14(22-15(2)21)13-16(11-10-12-17(3,4)5)20-23-18(6,7)19(8,9)24-20/h10,12,14,16H,11,13H2,1-9H3/b12-10+/t14-,16+/m1/s1. The van der Waals surface area contributed by atoms with Gasteiger partial charge in [0.1, 0.15) is 0 Å². The Morgan fingerprint density at radius 1 is 1.17 bits per heavy atom. The molecule has 0 aliphatic carbocycles. The predicted molar refractivity (Wildman–Crippen MR) is 98.9 cm³/mol. The highest BCUT2D eigenvalue weighted by Crippen LogP contribution is 2.42. The molecule has 5 heteroatoms. The van der Waals surface area contributed by atoms with Crippen molar-refractivity contribution < 1.29 is 18.8 Å². The first-order chi connectivity index (χ1) is 10.7. The molecule has 0 aromatic carbocycles. The molecule has 1 aliphatic rings. The number of carbonyl (C=O) groups is 1. The zero-order chi connectivity index (χ0) is 18.8. The first-order valence-corrected chi connectivity index (χ1v) is 8.94. The van der Waals surface area contributed by atoms with Crippen LogP contribution in [-0.2, 0) is 18.8 Å². The fraction of sp³-hybridized carbons (Fsp3) is 0.842. The molecule has 1 aliphatic heterocycles. The Morgan fingerprint density at radius 2 is 1.67 bits per heavy atom. The lowest BCUT2D eigenvalue weighted by Crippen LogP contribution is -2.41. The number of carbonyl (C=O) groups excluding carboxylic acids is 1. The quantitative estimate of drug-likeness (QED) is 0.397. The molecule has 1 saturated heterocycles. The highest BCUT2D eigenvalue weighted by atomic mass is 16.7. The smallest absolute Gasteiger partial charge is 0.461 e. The van der Waals surface area contributed by atoms with E-state index in [2.05, 4.69) is 60.6 Å². The van der Waals surface area contributed by atoms with Crippen LogP contribution in [0.5, 0.6) is 0 Å².